The molecule has 18 heavy (non-hydrogen) atoms. The maximum atomic E-state index is 11.1. The van der Waals surface area contributed by atoms with Gasteiger partial charge in [0, 0.05) is 30.4 Å². The summed E-state index contributed by atoms with van der Waals surface area (Å²) in [5, 5.41) is 10.3. The molecule has 1 amide bonds. The lowest BCUT2D eigenvalue weighted by Gasteiger charge is -1.93. The molecule has 0 saturated heterocycles. The molecule has 2 aromatic heterocycles. The van der Waals surface area contributed by atoms with Crippen LogP contribution in [0.25, 0.3) is 17.2 Å². The molecule has 2 N–H and O–H groups in total. The van der Waals surface area contributed by atoms with E-state index in [-0.39, 0.29) is 0 Å². The number of rotatable bonds is 3. The monoisotopic (exact) mass is 238 g/mol. The average molecular weight is 238 g/mol. The molecule has 0 aromatic carbocycles. The van der Waals surface area contributed by atoms with Crippen LogP contribution in [-0.2, 0) is 4.79 Å². The van der Waals surface area contributed by atoms with E-state index in [4.69, 9.17) is 5.26 Å². The molecule has 88 valence electrons. The zero-order chi connectivity index (χ0) is 12.8. The average Bonchev–Trinajstić information content (AvgIpc) is 2.87. The van der Waals surface area contributed by atoms with Gasteiger partial charge in [0.15, 0.2) is 6.19 Å². The number of hydrogen-bond acceptors (Lipinski definition) is 3. The summed E-state index contributed by atoms with van der Waals surface area (Å²) in [6, 6.07) is 5.71. The second-order valence-electron chi connectivity index (χ2n) is 3.51. The van der Waals surface area contributed by atoms with E-state index in [0.717, 1.165) is 16.8 Å². The highest BCUT2D eigenvalue weighted by Gasteiger charge is 2.00. The fraction of sp³-hybridized carbons (Fsp3) is 0. The first-order valence-corrected chi connectivity index (χ1v) is 5.25. The van der Waals surface area contributed by atoms with Crippen LogP contribution in [-0.4, -0.2) is 15.9 Å². The zero-order valence-electron chi connectivity index (χ0n) is 9.42. The molecular formula is C13H10N4O. The number of aromatic nitrogens is 2. The maximum Gasteiger partial charge on any atom is 0.257 e. The van der Waals surface area contributed by atoms with Crippen molar-refractivity contribution in [3.63, 3.8) is 0 Å². The standard InChI is InChI=1S/C13H10N4O/c14-9-17-13(18)2-1-12-7-11(8-16-12)10-3-5-15-6-4-10/h1-8,16H,(H,17,18). The number of amides is 1. The van der Waals surface area contributed by atoms with Crippen molar-refractivity contribution in [1.82, 2.24) is 15.3 Å². The predicted octanol–water partition coefficient (Wildman–Crippen LogP) is 1.69. The topological polar surface area (TPSA) is 81.6 Å². The molecule has 0 bridgehead atoms. The largest absolute Gasteiger partial charge is 0.361 e. The van der Waals surface area contributed by atoms with Crippen molar-refractivity contribution in [3.05, 3.63) is 48.6 Å². The highest BCUT2D eigenvalue weighted by molar-refractivity contribution is 5.92. The minimum absolute atomic E-state index is 0.447. The Bertz CT molecular complexity index is 607. The van der Waals surface area contributed by atoms with Crippen molar-refractivity contribution in [2.75, 3.05) is 0 Å². The van der Waals surface area contributed by atoms with E-state index < -0.39 is 5.91 Å². The number of nitrogens with zero attached hydrogens (tertiary/aromatic N) is 2. The first-order chi connectivity index (χ1) is 8.79. The van der Waals surface area contributed by atoms with Gasteiger partial charge in [-0.15, -0.1) is 0 Å². The van der Waals surface area contributed by atoms with Crippen LogP contribution < -0.4 is 5.32 Å². The van der Waals surface area contributed by atoms with Crippen LogP contribution in [0.4, 0.5) is 0 Å². The summed E-state index contributed by atoms with van der Waals surface area (Å²) in [4.78, 5) is 18.0. The number of hydrogen-bond donors (Lipinski definition) is 2. The molecule has 0 aliphatic carbocycles. The highest BCUT2D eigenvalue weighted by atomic mass is 16.1. The van der Waals surface area contributed by atoms with Crippen molar-refractivity contribution in [3.8, 4) is 17.3 Å². The van der Waals surface area contributed by atoms with Gasteiger partial charge in [-0.2, -0.15) is 5.26 Å². The van der Waals surface area contributed by atoms with Crippen molar-refractivity contribution >= 4 is 12.0 Å². The molecule has 0 unspecified atom stereocenters. The molecular weight excluding hydrogens is 228 g/mol. The third-order valence-corrected chi connectivity index (χ3v) is 2.31. The van der Waals surface area contributed by atoms with E-state index in [9.17, 15) is 4.79 Å². The van der Waals surface area contributed by atoms with E-state index in [2.05, 4.69) is 9.97 Å². The summed E-state index contributed by atoms with van der Waals surface area (Å²) in [7, 11) is 0. The lowest BCUT2D eigenvalue weighted by molar-refractivity contribution is -0.115. The van der Waals surface area contributed by atoms with Crippen LogP contribution in [0, 0.1) is 11.5 Å². The van der Waals surface area contributed by atoms with Crippen molar-refractivity contribution in [1.29, 1.82) is 5.26 Å². The van der Waals surface area contributed by atoms with Gasteiger partial charge in [0.25, 0.3) is 5.91 Å². The minimum atomic E-state index is -0.447. The second kappa shape index (κ2) is 5.46. The number of H-pyrrole nitrogens is 1. The first kappa shape index (κ1) is 11.6. The third-order valence-electron chi connectivity index (χ3n) is 2.31. The van der Waals surface area contributed by atoms with Gasteiger partial charge in [0.2, 0.25) is 0 Å². The SMILES string of the molecule is N#CNC(=O)C=Cc1cc(-c2ccncc2)c[nH]1. The number of carbonyl (C=O) groups is 1. The number of pyridine rings is 1. The fourth-order valence-electron chi connectivity index (χ4n) is 1.48. The van der Waals surface area contributed by atoms with Crippen LogP contribution in [0.3, 0.4) is 0 Å². The Labute approximate surface area is 104 Å². The summed E-state index contributed by atoms with van der Waals surface area (Å²) in [6.45, 7) is 0. The van der Waals surface area contributed by atoms with Gasteiger partial charge >= 0.3 is 0 Å². The highest BCUT2D eigenvalue weighted by Crippen LogP contribution is 2.19. The molecule has 0 saturated carbocycles. The molecule has 2 heterocycles. The molecule has 0 aliphatic heterocycles. The van der Waals surface area contributed by atoms with Crippen molar-refractivity contribution < 1.29 is 4.79 Å². The lowest BCUT2D eigenvalue weighted by Crippen LogP contribution is -2.13. The summed E-state index contributed by atoms with van der Waals surface area (Å²) < 4.78 is 0. The van der Waals surface area contributed by atoms with Crippen molar-refractivity contribution in [2.24, 2.45) is 0 Å². The normalized spacial score (nSPS) is 10.2. The van der Waals surface area contributed by atoms with E-state index in [1.54, 1.807) is 24.7 Å². The minimum Gasteiger partial charge on any atom is -0.361 e. The Morgan fingerprint density at radius 2 is 2.17 bits per heavy atom. The number of aromatic amines is 1. The van der Waals surface area contributed by atoms with Gasteiger partial charge in [-0.1, -0.05) is 0 Å². The molecule has 0 radical (unpaired) electrons. The molecule has 5 heteroatoms. The van der Waals surface area contributed by atoms with E-state index in [1.165, 1.54) is 6.08 Å². The van der Waals surface area contributed by atoms with Gasteiger partial charge < -0.3 is 4.98 Å². The van der Waals surface area contributed by atoms with Crippen LogP contribution in [0.5, 0.6) is 0 Å². The van der Waals surface area contributed by atoms with Gasteiger partial charge in [0.1, 0.15) is 0 Å². The first-order valence-electron chi connectivity index (χ1n) is 5.25. The number of nitriles is 1. The molecule has 2 aromatic rings. The van der Waals surface area contributed by atoms with E-state index in [1.807, 2.05) is 29.7 Å². The van der Waals surface area contributed by atoms with Gasteiger partial charge in [-0.25, -0.2) is 0 Å². The molecule has 5 nitrogen and oxygen atoms in total. The summed E-state index contributed by atoms with van der Waals surface area (Å²) in [5.41, 5.74) is 2.84. The maximum absolute atomic E-state index is 11.1. The van der Waals surface area contributed by atoms with Crippen molar-refractivity contribution in [2.45, 2.75) is 0 Å². The second-order valence-corrected chi connectivity index (χ2v) is 3.51. The molecule has 0 atom stereocenters. The van der Waals surface area contributed by atoms with Gasteiger partial charge in [-0.05, 0) is 35.4 Å². The summed E-state index contributed by atoms with van der Waals surface area (Å²) in [6.07, 6.45) is 9.76. The number of nitrogens with one attached hydrogen (secondary N) is 2. The van der Waals surface area contributed by atoms with Gasteiger partial charge in [-0.3, -0.25) is 15.1 Å². The Kier molecular flexibility index (Phi) is 3.52. The molecule has 0 spiro atoms. The summed E-state index contributed by atoms with van der Waals surface area (Å²) >= 11 is 0. The van der Waals surface area contributed by atoms with E-state index >= 15 is 0 Å². The smallest absolute Gasteiger partial charge is 0.257 e. The lowest BCUT2D eigenvalue weighted by atomic mass is 10.1. The van der Waals surface area contributed by atoms with Crippen LogP contribution >= 0.6 is 0 Å². The molecule has 2 rings (SSSR count). The van der Waals surface area contributed by atoms with Crippen LogP contribution in [0.15, 0.2) is 42.9 Å². The van der Waals surface area contributed by atoms with Crippen LogP contribution in [0.1, 0.15) is 5.69 Å². The van der Waals surface area contributed by atoms with Crippen LogP contribution in [0.2, 0.25) is 0 Å². The Hall–Kier alpha value is -2.87. The third kappa shape index (κ3) is 2.83. The Morgan fingerprint density at radius 1 is 1.39 bits per heavy atom. The van der Waals surface area contributed by atoms with Gasteiger partial charge in [0.05, 0.1) is 0 Å². The predicted molar refractivity (Wildman–Crippen MR) is 66.8 cm³/mol. The Balaban J connectivity index is 2.12. The quantitative estimate of drug-likeness (QED) is 0.485. The fourth-order valence-corrected chi connectivity index (χ4v) is 1.48. The number of carbonyl (C=O) groups excluding carboxylic acids is 1. The molecule has 0 aliphatic rings. The zero-order valence-corrected chi connectivity index (χ0v) is 9.42. The molecule has 0 fully saturated rings. The van der Waals surface area contributed by atoms with E-state index in [0.29, 0.717) is 0 Å². The Morgan fingerprint density at radius 3 is 2.89 bits per heavy atom. The summed E-state index contributed by atoms with van der Waals surface area (Å²) in [5.74, 6) is -0.447.